The van der Waals surface area contributed by atoms with Crippen LogP contribution in [0.3, 0.4) is 0 Å². The fourth-order valence-corrected chi connectivity index (χ4v) is 2.56. The van der Waals surface area contributed by atoms with Crippen LogP contribution >= 0.6 is 11.3 Å². The maximum atomic E-state index is 5.72. The van der Waals surface area contributed by atoms with Gasteiger partial charge < -0.3 is 10.1 Å². The highest BCUT2D eigenvalue weighted by molar-refractivity contribution is 7.09. The number of nitrogens with one attached hydrogen (secondary N) is 1. The first-order valence-corrected chi connectivity index (χ1v) is 8.21. The van der Waals surface area contributed by atoms with Gasteiger partial charge in [0.2, 0.25) is 0 Å². The fraction of sp³-hybridized carbons (Fsp3) is 0.471. The molecule has 0 fully saturated rings. The van der Waals surface area contributed by atoms with Crippen LogP contribution in [0.2, 0.25) is 0 Å². The molecule has 0 spiro atoms. The standard InChI is InChI=1S/C17H24N2OS/c1-17(2,3)18-12-14-6-4-7-15(19-14)13-20-10-9-16-8-5-11-21-16/h4-8,11,18H,9-10,12-13H2,1-3H3. The fourth-order valence-electron chi connectivity index (χ4n) is 1.87. The highest BCUT2D eigenvalue weighted by Crippen LogP contribution is 2.10. The second-order valence-corrected chi connectivity index (χ2v) is 7.14. The molecule has 2 heterocycles. The van der Waals surface area contributed by atoms with Crippen LogP contribution in [0.5, 0.6) is 0 Å². The SMILES string of the molecule is CC(C)(C)NCc1cccc(COCCc2cccs2)n1. The number of nitrogens with zero attached hydrogens (tertiary/aromatic N) is 1. The van der Waals surface area contributed by atoms with E-state index in [9.17, 15) is 0 Å². The first kappa shape index (κ1) is 16.1. The number of hydrogen-bond donors (Lipinski definition) is 1. The predicted octanol–water partition coefficient (Wildman–Crippen LogP) is 3.79. The summed E-state index contributed by atoms with van der Waals surface area (Å²) in [6.45, 7) is 8.58. The Hall–Kier alpha value is -1.23. The van der Waals surface area contributed by atoms with Crippen molar-refractivity contribution in [1.29, 1.82) is 0 Å². The third kappa shape index (κ3) is 6.38. The molecule has 0 saturated heterocycles. The molecule has 0 saturated carbocycles. The molecule has 0 aliphatic heterocycles. The molecule has 0 bridgehead atoms. The Morgan fingerprint density at radius 2 is 1.95 bits per heavy atom. The summed E-state index contributed by atoms with van der Waals surface area (Å²) in [5.41, 5.74) is 2.16. The Balaban J connectivity index is 1.75. The third-order valence-corrected chi connectivity index (χ3v) is 3.92. The number of thiophene rings is 1. The van der Waals surface area contributed by atoms with Gasteiger partial charge in [0.05, 0.1) is 24.6 Å². The molecule has 0 aliphatic rings. The van der Waals surface area contributed by atoms with Crippen molar-refractivity contribution < 1.29 is 4.74 Å². The van der Waals surface area contributed by atoms with Crippen LogP contribution in [0, 0.1) is 0 Å². The van der Waals surface area contributed by atoms with Crippen LogP contribution in [0.25, 0.3) is 0 Å². The Morgan fingerprint density at radius 1 is 1.14 bits per heavy atom. The number of aromatic nitrogens is 1. The summed E-state index contributed by atoms with van der Waals surface area (Å²) in [4.78, 5) is 5.99. The molecule has 0 aromatic carbocycles. The molecule has 0 unspecified atom stereocenters. The predicted molar refractivity (Wildman–Crippen MR) is 88.5 cm³/mol. The molecule has 0 atom stereocenters. The van der Waals surface area contributed by atoms with Crippen LogP contribution in [0.4, 0.5) is 0 Å². The van der Waals surface area contributed by atoms with Gasteiger partial charge in [-0.05, 0) is 44.4 Å². The van der Waals surface area contributed by atoms with Gasteiger partial charge in [0.1, 0.15) is 0 Å². The molecule has 0 amide bonds. The van der Waals surface area contributed by atoms with Gasteiger partial charge in [-0.25, -0.2) is 0 Å². The lowest BCUT2D eigenvalue weighted by molar-refractivity contribution is 0.121. The van der Waals surface area contributed by atoms with Crippen molar-refractivity contribution in [1.82, 2.24) is 10.3 Å². The molecule has 1 N–H and O–H groups in total. The summed E-state index contributed by atoms with van der Waals surface area (Å²) in [6.07, 6.45) is 0.975. The van der Waals surface area contributed by atoms with E-state index in [2.05, 4.69) is 48.6 Å². The number of pyridine rings is 1. The number of hydrogen-bond acceptors (Lipinski definition) is 4. The van der Waals surface area contributed by atoms with Crippen LogP contribution in [-0.4, -0.2) is 17.1 Å². The minimum atomic E-state index is 0.106. The summed E-state index contributed by atoms with van der Waals surface area (Å²) in [5.74, 6) is 0. The highest BCUT2D eigenvalue weighted by atomic mass is 32.1. The zero-order valence-corrected chi connectivity index (χ0v) is 13.9. The van der Waals surface area contributed by atoms with Crippen molar-refractivity contribution >= 4 is 11.3 Å². The van der Waals surface area contributed by atoms with Gasteiger partial charge in [0.25, 0.3) is 0 Å². The first-order valence-electron chi connectivity index (χ1n) is 7.33. The van der Waals surface area contributed by atoms with Gasteiger partial charge in [-0.1, -0.05) is 12.1 Å². The Morgan fingerprint density at radius 3 is 2.67 bits per heavy atom. The van der Waals surface area contributed by atoms with E-state index in [0.717, 1.165) is 31.0 Å². The quantitative estimate of drug-likeness (QED) is 0.790. The molecule has 2 aromatic rings. The summed E-state index contributed by atoms with van der Waals surface area (Å²) in [5, 5.41) is 5.55. The highest BCUT2D eigenvalue weighted by Gasteiger charge is 2.09. The summed E-state index contributed by atoms with van der Waals surface area (Å²) < 4.78 is 5.72. The van der Waals surface area contributed by atoms with Crippen LogP contribution in [0.1, 0.15) is 37.0 Å². The summed E-state index contributed by atoms with van der Waals surface area (Å²) in [6, 6.07) is 10.3. The van der Waals surface area contributed by atoms with Gasteiger partial charge in [-0.15, -0.1) is 11.3 Å². The number of ether oxygens (including phenoxy) is 1. The Kier molecular flexibility index (Phi) is 5.91. The molecule has 4 heteroatoms. The zero-order valence-electron chi connectivity index (χ0n) is 13.1. The maximum Gasteiger partial charge on any atom is 0.0888 e. The topological polar surface area (TPSA) is 34.1 Å². The lowest BCUT2D eigenvalue weighted by Gasteiger charge is -2.20. The molecule has 3 nitrogen and oxygen atoms in total. The van der Waals surface area contributed by atoms with Crippen molar-refractivity contribution in [2.24, 2.45) is 0 Å². The largest absolute Gasteiger partial charge is 0.375 e. The molecule has 2 rings (SSSR count). The first-order chi connectivity index (χ1) is 10.0. The lowest BCUT2D eigenvalue weighted by Crippen LogP contribution is -2.35. The lowest BCUT2D eigenvalue weighted by atomic mass is 10.1. The normalized spacial score (nSPS) is 11.8. The Labute approximate surface area is 131 Å². The second kappa shape index (κ2) is 7.69. The molecule has 114 valence electrons. The van der Waals surface area contributed by atoms with E-state index in [4.69, 9.17) is 4.74 Å². The average molecular weight is 304 g/mol. The van der Waals surface area contributed by atoms with Crippen molar-refractivity contribution in [2.75, 3.05) is 6.61 Å². The minimum Gasteiger partial charge on any atom is -0.375 e. The smallest absolute Gasteiger partial charge is 0.0888 e. The molecule has 2 aromatic heterocycles. The average Bonchev–Trinajstić information content (AvgIpc) is 2.94. The maximum absolute atomic E-state index is 5.72. The zero-order chi connectivity index (χ0) is 15.1. The Bertz CT molecular complexity index is 532. The van der Waals surface area contributed by atoms with Crippen LogP contribution < -0.4 is 5.32 Å². The van der Waals surface area contributed by atoms with Crippen molar-refractivity contribution in [3.63, 3.8) is 0 Å². The van der Waals surface area contributed by atoms with E-state index in [1.165, 1.54) is 4.88 Å². The van der Waals surface area contributed by atoms with Crippen molar-refractivity contribution in [3.05, 3.63) is 52.0 Å². The second-order valence-electron chi connectivity index (χ2n) is 6.11. The van der Waals surface area contributed by atoms with E-state index in [1.54, 1.807) is 11.3 Å². The molecule has 0 aliphatic carbocycles. The molecule has 21 heavy (non-hydrogen) atoms. The minimum absolute atomic E-state index is 0.106. The van der Waals surface area contributed by atoms with E-state index in [1.807, 2.05) is 18.2 Å². The van der Waals surface area contributed by atoms with E-state index in [-0.39, 0.29) is 5.54 Å². The van der Waals surface area contributed by atoms with E-state index >= 15 is 0 Å². The van der Waals surface area contributed by atoms with Crippen LogP contribution in [-0.2, 0) is 24.3 Å². The van der Waals surface area contributed by atoms with Gasteiger partial charge in [0.15, 0.2) is 0 Å². The third-order valence-electron chi connectivity index (χ3n) is 2.99. The van der Waals surface area contributed by atoms with Crippen molar-refractivity contribution in [3.8, 4) is 0 Å². The summed E-state index contributed by atoms with van der Waals surface area (Å²) >= 11 is 1.78. The number of rotatable bonds is 7. The molecular weight excluding hydrogens is 280 g/mol. The van der Waals surface area contributed by atoms with Gasteiger partial charge in [-0.2, -0.15) is 0 Å². The van der Waals surface area contributed by atoms with Crippen molar-refractivity contribution in [2.45, 2.75) is 45.9 Å². The molecular formula is C17H24N2OS. The molecule has 0 radical (unpaired) electrons. The van der Waals surface area contributed by atoms with E-state index < -0.39 is 0 Å². The summed E-state index contributed by atoms with van der Waals surface area (Å²) in [7, 11) is 0. The van der Waals surface area contributed by atoms with E-state index in [0.29, 0.717) is 6.61 Å². The van der Waals surface area contributed by atoms with Gasteiger partial charge >= 0.3 is 0 Å². The van der Waals surface area contributed by atoms with Gasteiger partial charge in [0, 0.05) is 23.4 Å². The van der Waals surface area contributed by atoms with Gasteiger partial charge in [-0.3, -0.25) is 4.98 Å². The monoisotopic (exact) mass is 304 g/mol. The van der Waals surface area contributed by atoms with Crippen LogP contribution in [0.15, 0.2) is 35.7 Å².